The van der Waals surface area contributed by atoms with Gasteiger partial charge in [0.05, 0.1) is 19.6 Å². The number of benzene rings is 2. The lowest BCUT2D eigenvalue weighted by Crippen LogP contribution is -2.50. The van der Waals surface area contributed by atoms with E-state index in [1.165, 1.54) is 36.4 Å². The van der Waals surface area contributed by atoms with Gasteiger partial charge in [-0.25, -0.2) is 8.78 Å². The highest BCUT2D eigenvalue weighted by atomic mass is 19.1. The summed E-state index contributed by atoms with van der Waals surface area (Å²) in [6.07, 6.45) is 0.166. The molecule has 1 saturated heterocycles. The fourth-order valence-corrected chi connectivity index (χ4v) is 3.06. The highest BCUT2D eigenvalue weighted by molar-refractivity contribution is 5.92. The molecule has 2 amide bonds. The lowest BCUT2D eigenvalue weighted by molar-refractivity contribution is -0.133. The number of ether oxygens (including phenoxy) is 1. The molecule has 0 radical (unpaired) electrons. The van der Waals surface area contributed by atoms with Crippen molar-refractivity contribution >= 4 is 17.5 Å². The lowest BCUT2D eigenvalue weighted by Gasteiger charge is -2.34. The Morgan fingerprint density at radius 1 is 0.966 bits per heavy atom. The number of anilines is 1. The highest BCUT2D eigenvalue weighted by Crippen LogP contribution is 2.15. The SMILES string of the molecule is O=C(CN1CCN(C(=O)CCOc2ccccc2F)CC1)Nc1ccc(F)cc1. The van der Waals surface area contributed by atoms with Crippen LogP contribution in [0.4, 0.5) is 14.5 Å². The van der Waals surface area contributed by atoms with E-state index >= 15 is 0 Å². The summed E-state index contributed by atoms with van der Waals surface area (Å²) in [6.45, 7) is 2.51. The van der Waals surface area contributed by atoms with E-state index in [9.17, 15) is 18.4 Å². The maximum Gasteiger partial charge on any atom is 0.238 e. The zero-order chi connectivity index (χ0) is 20.6. The molecule has 1 fully saturated rings. The van der Waals surface area contributed by atoms with Crippen molar-refractivity contribution in [2.75, 3.05) is 44.6 Å². The molecule has 154 valence electrons. The molecule has 1 aliphatic heterocycles. The normalized spacial score (nSPS) is 14.5. The molecule has 1 aliphatic rings. The van der Waals surface area contributed by atoms with E-state index in [0.29, 0.717) is 31.9 Å². The summed E-state index contributed by atoms with van der Waals surface area (Å²) in [6, 6.07) is 11.7. The molecule has 29 heavy (non-hydrogen) atoms. The summed E-state index contributed by atoms with van der Waals surface area (Å²) in [5, 5.41) is 2.72. The number of nitrogens with one attached hydrogen (secondary N) is 1. The molecule has 0 bridgehead atoms. The van der Waals surface area contributed by atoms with Crippen molar-refractivity contribution in [1.82, 2.24) is 9.80 Å². The summed E-state index contributed by atoms with van der Waals surface area (Å²) in [7, 11) is 0. The van der Waals surface area contributed by atoms with Gasteiger partial charge in [0.2, 0.25) is 11.8 Å². The second kappa shape index (κ2) is 9.97. The van der Waals surface area contributed by atoms with Gasteiger partial charge in [0.1, 0.15) is 5.82 Å². The molecule has 2 aromatic carbocycles. The van der Waals surface area contributed by atoms with E-state index in [1.54, 1.807) is 17.0 Å². The molecule has 6 nitrogen and oxygen atoms in total. The fourth-order valence-electron chi connectivity index (χ4n) is 3.06. The highest BCUT2D eigenvalue weighted by Gasteiger charge is 2.22. The van der Waals surface area contributed by atoms with E-state index in [2.05, 4.69) is 5.32 Å². The van der Waals surface area contributed by atoms with Crippen LogP contribution in [0.3, 0.4) is 0 Å². The molecule has 8 heteroatoms. The second-order valence-corrected chi connectivity index (χ2v) is 6.74. The minimum Gasteiger partial charge on any atom is -0.490 e. The summed E-state index contributed by atoms with van der Waals surface area (Å²) in [4.78, 5) is 28.1. The number of nitrogens with zero attached hydrogens (tertiary/aromatic N) is 2. The van der Waals surface area contributed by atoms with Crippen molar-refractivity contribution in [3.8, 4) is 5.75 Å². The Kier molecular flexibility index (Phi) is 7.13. The van der Waals surface area contributed by atoms with Crippen LogP contribution in [0.1, 0.15) is 6.42 Å². The number of carbonyl (C=O) groups is 2. The Morgan fingerprint density at radius 2 is 1.66 bits per heavy atom. The van der Waals surface area contributed by atoms with E-state index in [0.717, 1.165) is 0 Å². The zero-order valence-corrected chi connectivity index (χ0v) is 15.9. The van der Waals surface area contributed by atoms with Crippen LogP contribution in [-0.4, -0.2) is 60.9 Å². The maximum absolute atomic E-state index is 13.5. The van der Waals surface area contributed by atoms with Gasteiger partial charge < -0.3 is 15.0 Å². The van der Waals surface area contributed by atoms with E-state index in [-0.39, 0.29) is 43.0 Å². The van der Waals surface area contributed by atoms with Crippen molar-refractivity contribution in [3.63, 3.8) is 0 Å². The molecule has 2 aromatic rings. The third kappa shape index (κ3) is 6.25. The first-order valence-corrected chi connectivity index (χ1v) is 9.44. The molecule has 0 spiro atoms. The maximum atomic E-state index is 13.5. The predicted octanol–water partition coefficient (Wildman–Crippen LogP) is 2.52. The minimum absolute atomic E-state index is 0.0586. The van der Waals surface area contributed by atoms with E-state index < -0.39 is 5.82 Å². The van der Waals surface area contributed by atoms with Gasteiger partial charge in [0.25, 0.3) is 0 Å². The average Bonchev–Trinajstić information content (AvgIpc) is 2.71. The topological polar surface area (TPSA) is 61.9 Å². The Balaban J connectivity index is 1.36. The monoisotopic (exact) mass is 403 g/mol. The standard InChI is InChI=1S/C21H23F2N3O3/c22-16-5-7-17(8-6-16)24-20(27)15-25-10-12-26(13-11-25)21(28)9-14-29-19-4-2-1-3-18(19)23/h1-8H,9-15H2,(H,24,27). The Morgan fingerprint density at radius 3 is 2.34 bits per heavy atom. The number of hydrogen-bond acceptors (Lipinski definition) is 4. The Labute approximate surface area is 168 Å². The Hall–Kier alpha value is -3.00. The number of carbonyl (C=O) groups excluding carboxylic acids is 2. The smallest absolute Gasteiger partial charge is 0.238 e. The van der Waals surface area contributed by atoms with Crippen LogP contribution in [-0.2, 0) is 9.59 Å². The third-order valence-corrected chi connectivity index (χ3v) is 4.63. The number of para-hydroxylation sites is 1. The zero-order valence-electron chi connectivity index (χ0n) is 15.9. The van der Waals surface area contributed by atoms with Crippen LogP contribution in [0.25, 0.3) is 0 Å². The van der Waals surface area contributed by atoms with Crippen molar-refractivity contribution in [1.29, 1.82) is 0 Å². The number of hydrogen-bond donors (Lipinski definition) is 1. The Bertz CT molecular complexity index is 837. The average molecular weight is 403 g/mol. The molecule has 0 unspecified atom stereocenters. The lowest BCUT2D eigenvalue weighted by atomic mass is 10.2. The van der Waals surface area contributed by atoms with E-state index in [1.807, 2.05) is 4.90 Å². The van der Waals surface area contributed by atoms with Gasteiger partial charge in [-0.05, 0) is 36.4 Å². The number of piperazine rings is 1. The molecule has 0 atom stereocenters. The van der Waals surface area contributed by atoms with Gasteiger partial charge >= 0.3 is 0 Å². The summed E-state index contributed by atoms with van der Waals surface area (Å²) in [5.74, 6) is -0.917. The van der Waals surface area contributed by atoms with Crippen molar-refractivity contribution in [2.45, 2.75) is 6.42 Å². The van der Waals surface area contributed by atoms with Crippen LogP contribution in [0, 0.1) is 11.6 Å². The molecule has 0 aromatic heterocycles. The third-order valence-electron chi connectivity index (χ3n) is 4.63. The molecule has 0 aliphatic carbocycles. The summed E-state index contributed by atoms with van der Waals surface area (Å²) < 4.78 is 31.7. The van der Waals surface area contributed by atoms with Crippen LogP contribution in [0.15, 0.2) is 48.5 Å². The molecule has 1 heterocycles. The second-order valence-electron chi connectivity index (χ2n) is 6.74. The number of rotatable bonds is 7. The predicted molar refractivity (Wildman–Crippen MR) is 105 cm³/mol. The fraction of sp³-hybridized carbons (Fsp3) is 0.333. The van der Waals surface area contributed by atoms with Gasteiger partial charge in [-0.15, -0.1) is 0 Å². The van der Waals surface area contributed by atoms with Crippen LogP contribution >= 0.6 is 0 Å². The van der Waals surface area contributed by atoms with Crippen molar-refractivity contribution in [2.24, 2.45) is 0 Å². The summed E-state index contributed by atoms with van der Waals surface area (Å²) in [5.41, 5.74) is 0.542. The van der Waals surface area contributed by atoms with Crippen molar-refractivity contribution in [3.05, 3.63) is 60.2 Å². The van der Waals surface area contributed by atoms with E-state index in [4.69, 9.17) is 4.74 Å². The quantitative estimate of drug-likeness (QED) is 0.772. The van der Waals surface area contributed by atoms with Crippen LogP contribution in [0.2, 0.25) is 0 Å². The number of amides is 2. The van der Waals surface area contributed by atoms with Gasteiger partial charge in [0.15, 0.2) is 11.6 Å². The summed E-state index contributed by atoms with van der Waals surface area (Å²) >= 11 is 0. The van der Waals surface area contributed by atoms with Crippen LogP contribution < -0.4 is 10.1 Å². The minimum atomic E-state index is -0.451. The first-order chi connectivity index (χ1) is 14.0. The van der Waals surface area contributed by atoms with Gasteiger partial charge in [-0.3, -0.25) is 14.5 Å². The van der Waals surface area contributed by atoms with Crippen LogP contribution in [0.5, 0.6) is 5.75 Å². The molecular weight excluding hydrogens is 380 g/mol. The molecule has 0 saturated carbocycles. The molecule has 3 rings (SSSR count). The largest absolute Gasteiger partial charge is 0.490 e. The first-order valence-electron chi connectivity index (χ1n) is 9.44. The molecule has 1 N–H and O–H groups in total. The van der Waals surface area contributed by atoms with Gasteiger partial charge in [-0.2, -0.15) is 0 Å². The van der Waals surface area contributed by atoms with Gasteiger partial charge in [0, 0.05) is 31.9 Å². The number of halogens is 2. The van der Waals surface area contributed by atoms with Gasteiger partial charge in [-0.1, -0.05) is 12.1 Å². The molecular formula is C21H23F2N3O3. The van der Waals surface area contributed by atoms with Crippen molar-refractivity contribution < 1.29 is 23.1 Å². The first kappa shape index (κ1) is 20.7.